The van der Waals surface area contributed by atoms with E-state index < -0.39 is 5.60 Å². The zero-order chi connectivity index (χ0) is 16.9. The summed E-state index contributed by atoms with van der Waals surface area (Å²) in [6.45, 7) is 7.06. The Labute approximate surface area is 143 Å². The first-order chi connectivity index (χ1) is 10.8. The Hall–Kier alpha value is -1.26. The molecule has 5 heteroatoms. The van der Waals surface area contributed by atoms with Crippen LogP contribution in [0.25, 0.3) is 0 Å². The lowest BCUT2D eigenvalue weighted by Crippen LogP contribution is -2.34. The number of nitrogens with one attached hydrogen (secondary N) is 2. The van der Waals surface area contributed by atoms with E-state index in [1.54, 1.807) is 0 Å². The lowest BCUT2D eigenvalue weighted by atomic mass is 10.0. The molecule has 0 bridgehead atoms. The summed E-state index contributed by atoms with van der Waals surface area (Å²) in [4.78, 5) is 11.6. The summed E-state index contributed by atoms with van der Waals surface area (Å²) >= 11 is 5.96. The highest BCUT2D eigenvalue weighted by molar-refractivity contribution is 6.30. The number of rotatable bonds is 7. The highest BCUT2D eigenvalue weighted by Crippen LogP contribution is 2.41. The molecule has 0 saturated heterocycles. The number of carbonyl (C=O) groups excluding carboxylic acids is 1. The molecule has 0 aliphatic heterocycles. The first kappa shape index (κ1) is 18.1. The van der Waals surface area contributed by atoms with Gasteiger partial charge in [0.15, 0.2) is 0 Å². The minimum Gasteiger partial charge on any atom is -0.444 e. The fourth-order valence-corrected chi connectivity index (χ4v) is 2.63. The van der Waals surface area contributed by atoms with E-state index in [1.807, 2.05) is 32.9 Å². The lowest BCUT2D eigenvalue weighted by Gasteiger charge is -2.20. The van der Waals surface area contributed by atoms with Crippen molar-refractivity contribution < 1.29 is 9.53 Å². The fraction of sp³-hybridized carbons (Fsp3) is 0.611. The van der Waals surface area contributed by atoms with E-state index in [0.29, 0.717) is 12.6 Å². The van der Waals surface area contributed by atoms with Crippen LogP contribution >= 0.6 is 11.6 Å². The molecule has 1 fully saturated rings. The average Bonchev–Trinajstić information content (AvgIpc) is 3.27. The average molecular weight is 339 g/mol. The zero-order valence-corrected chi connectivity index (χ0v) is 15.0. The predicted molar refractivity (Wildman–Crippen MR) is 93.8 cm³/mol. The second kappa shape index (κ2) is 8.02. The standard InChI is InChI=1S/C18H27ClN2O2/c1-18(2,3)23-17(22)21-12-4-11-20-16(13-5-6-13)14-7-9-15(19)10-8-14/h7-10,13,16,20H,4-6,11-12H2,1-3H3,(H,21,22). The minimum atomic E-state index is -0.450. The molecule has 23 heavy (non-hydrogen) atoms. The molecule has 0 aromatic heterocycles. The van der Waals surface area contributed by atoms with Gasteiger partial charge < -0.3 is 15.4 Å². The van der Waals surface area contributed by atoms with Crippen molar-refractivity contribution in [3.63, 3.8) is 0 Å². The second-order valence-corrected chi connectivity index (χ2v) is 7.54. The third-order valence-corrected chi connectivity index (χ3v) is 3.96. The maximum atomic E-state index is 11.6. The smallest absolute Gasteiger partial charge is 0.407 e. The van der Waals surface area contributed by atoms with Gasteiger partial charge in [0.2, 0.25) is 0 Å². The van der Waals surface area contributed by atoms with Crippen molar-refractivity contribution >= 4 is 17.7 Å². The summed E-state index contributed by atoms with van der Waals surface area (Å²) in [5.41, 5.74) is 0.838. The number of hydrogen-bond donors (Lipinski definition) is 2. The number of benzene rings is 1. The Bertz CT molecular complexity index is 507. The van der Waals surface area contributed by atoms with E-state index in [4.69, 9.17) is 16.3 Å². The SMILES string of the molecule is CC(C)(C)OC(=O)NCCCNC(c1ccc(Cl)cc1)C1CC1. The van der Waals surface area contributed by atoms with Gasteiger partial charge in [-0.25, -0.2) is 4.79 Å². The van der Waals surface area contributed by atoms with E-state index >= 15 is 0 Å². The summed E-state index contributed by atoms with van der Waals surface area (Å²) in [5, 5.41) is 7.16. The molecule has 0 radical (unpaired) electrons. The summed E-state index contributed by atoms with van der Waals surface area (Å²) in [6.07, 6.45) is 3.07. The number of halogens is 1. The summed E-state index contributed by atoms with van der Waals surface area (Å²) in [6, 6.07) is 8.46. The number of carbonyl (C=O) groups is 1. The van der Waals surface area contributed by atoms with Gasteiger partial charge in [-0.2, -0.15) is 0 Å². The van der Waals surface area contributed by atoms with Crippen molar-refractivity contribution in [2.45, 2.75) is 51.7 Å². The van der Waals surface area contributed by atoms with Crippen molar-refractivity contribution in [3.05, 3.63) is 34.9 Å². The van der Waals surface area contributed by atoms with Crippen LogP contribution in [-0.4, -0.2) is 24.8 Å². The van der Waals surface area contributed by atoms with Crippen LogP contribution in [-0.2, 0) is 4.74 Å². The fourth-order valence-electron chi connectivity index (χ4n) is 2.51. The van der Waals surface area contributed by atoms with Gasteiger partial charge in [-0.1, -0.05) is 23.7 Å². The van der Waals surface area contributed by atoms with Crippen molar-refractivity contribution in [1.29, 1.82) is 0 Å². The Morgan fingerprint density at radius 2 is 1.91 bits per heavy atom. The van der Waals surface area contributed by atoms with Gasteiger partial charge in [0, 0.05) is 17.6 Å². The molecule has 2 rings (SSSR count). The van der Waals surface area contributed by atoms with Crippen molar-refractivity contribution in [2.24, 2.45) is 5.92 Å². The molecule has 1 amide bonds. The van der Waals surface area contributed by atoms with Gasteiger partial charge in [0.1, 0.15) is 5.60 Å². The second-order valence-electron chi connectivity index (χ2n) is 7.10. The quantitative estimate of drug-likeness (QED) is 0.729. The maximum absolute atomic E-state index is 11.6. The van der Waals surface area contributed by atoms with E-state index in [1.165, 1.54) is 18.4 Å². The summed E-state index contributed by atoms with van der Waals surface area (Å²) in [5.74, 6) is 0.718. The molecule has 128 valence electrons. The first-order valence-electron chi connectivity index (χ1n) is 8.31. The van der Waals surface area contributed by atoms with Crippen LogP contribution in [0.5, 0.6) is 0 Å². The zero-order valence-electron chi connectivity index (χ0n) is 14.2. The number of amides is 1. The van der Waals surface area contributed by atoms with Crippen LogP contribution in [0.4, 0.5) is 4.79 Å². The molecule has 0 heterocycles. The molecule has 1 atom stereocenters. The number of hydrogen-bond acceptors (Lipinski definition) is 3. The molecule has 0 spiro atoms. The Balaban J connectivity index is 1.69. The highest BCUT2D eigenvalue weighted by Gasteiger charge is 2.31. The van der Waals surface area contributed by atoms with Crippen molar-refractivity contribution in [3.8, 4) is 0 Å². The van der Waals surface area contributed by atoms with E-state index in [-0.39, 0.29) is 6.09 Å². The Kier molecular flexibility index (Phi) is 6.31. The van der Waals surface area contributed by atoms with Crippen LogP contribution < -0.4 is 10.6 Å². The van der Waals surface area contributed by atoms with Crippen LogP contribution in [0.15, 0.2) is 24.3 Å². The van der Waals surface area contributed by atoms with Gasteiger partial charge >= 0.3 is 6.09 Å². The van der Waals surface area contributed by atoms with Crippen molar-refractivity contribution in [2.75, 3.05) is 13.1 Å². The summed E-state index contributed by atoms with van der Waals surface area (Å²) < 4.78 is 5.21. The van der Waals surface area contributed by atoms with Gasteiger partial charge in [-0.15, -0.1) is 0 Å². The minimum absolute atomic E-state index is 0.353. The van der Waals surface area contributed by atoms with Crippen LogP contribution in [0.3, 0.4) is 0 Å². The monoisotopic (exact) mass is 338 g/mol. The molecule has 1 aromatic carbocycles. The van der Waals surface area contributed by atoms with Crippen molar-refractivity contribution in [1.82, 2.24) is 10.6 Å². The molecule has 1 saturated carbocycles. The lowest BCUT2D eigenvalue weighted by molar-refractivity contribution is 0.0527. The largest absolute Gasteiger partial charge is 0.444 e. The van der Waals surface area contributed by atoms with Gasteiger partial charge in [0.05, 0.1) is 0 Å². The van der Waals surface area contributed by atoms with Gasteiger partial charge in [-0.05, 0) is 70.2 Å². The highest BCUT2D eigenvalue weighted by atomic mass is 35.5. The number of ether oxygens (including phenoxy) is 1. The predicted octanol–water partition coefficient (Wildman–Crippen LogP) is 4.30. The van der Waals surface area contributed by atoms with E-state index in [9.17, 15) is 4.79 Å². The van der Waals surface area contributed by atoms with Gasteiger partial charge in [-0.3, -0.25) is 0 Å². The third-order valence-electron chi connectivity index (χ3n) is 3.71. The molecule has 2 N–H and O–H groups in total. The van der Waals surface area contributed by atoms with Crippen LogP contribution in [0, 0.1) is 5.92 Å². The van der Waals surface area contributed by atoms with E-state index in [0.717, 1.165) is 23.9 Å². The number of alkyl carbamates (subject to hydrolysis) is 1. The normalized spacial score (nSPS) is 16.0. The molecular weight excluding hydrogens is 312 g/mol. The molecule has 1 aliphatic rings. The Morgan fingerprint density at radius 3 is 2.48 bits per heavy atom. The molecule has 1 unspecified atom stereocenters. The molecule has 4 nitrogen and oxygen atoms in total. The molecular formula is C18H27ClN2O2. The Morgan fingerprint density at radius 1 is 1.26 bits per heavy atom. The first-order valence-corrected chi connectivity index (χ1v) is 8.68. The maximum Gasteiger partial charge on any atom is 0.407 e. The van der Waals surface area contributed by atoms with Crippen LogP contribution in [0.1, 0.15) is 51.6 Å². The topological polar surface area (TPSA) is 50.4 Å². The summed E-state index contributed by atoms with van der Waals surface area (Å²) in [7, 11) is 0. The molecule has 1 aliphatic carbocycles. The van der Waals surface area contributed by atoms with E-state index in [2.05, 4.69) is 22.8 Å². The van der Waals surface area contributed by atoms with Crippen LogP contribution in [0.2, 0.25) is 5.02 Å². The third kappa shape index (κ3) is 6.80. The molecule has 1 aromatic rings. The van der Waals surface area contributed by atoms with Gasteiger partial charge in [0.25, 0.3) is 0 Å².